The number of methoxy groups -OCH3 is 1. The van der Waals surface area contributed by atoms with Gasteiger partial charge in [0.1, 0.15) is 17.6 Å². The van der Waals surface area contributed by atoms with Crippen molar-refractivity contribution in [2.24, 2.45) is 0 Å². The molecule has 0 aliphatic heterocycles. The van der Waals surface area contributed by atoms with Crippen LogP contribution in [0, 0.1) is 12.7 Å². The summed E-state index contributed by atoms with van der Waals surface area (Å²) in [5, 5.41) is 6.72. The molecule has 25 heavy (non-hydrogen) atoms. The topological polar surface area (TPSA) is 37.7 Å². The highest BCUT2D eigenvalue weighted by Gasteiger charge is 2.18. The number of nitrogens with one attached hydrogen (secondary N) is 3. The summed E-state index contributed by atoms with van der Waals surface area (Å²) in [6.07, 6.45) is 0. The minimum atomic E-state index is -0.248. The third kappa shape index (κ3) is 5.41. The molecule has 6 heteroatoms. The lowest BCUT2D eigenvalue weighted by Crippen LogP contribution is -3.07. The summed E-state index contributed by atoms with van der Waals surface area (Å²) < 4.78 is 18.8. The zero-order valence-corrected chi connectivity index (χ0v) is 15.8. The van der Waals surface area contributed by atoms with Crippen LogP contribution < -0.4 is 20.3 Å². The first-order valence-electron chi connectivity index (χ1n) is 8.15. The fraction of sp³-hybridized carbons (Fsp3) is 0.316. The molecule has 0 spiro atoms. The Morgan fingerprint density at radius 1 is 1.20 bits per heavy atom. The summed E-state index contributed by atoms with van der Waals surface area (Å²) in [6, 6.07) is 13.2. The van der Waals surface area contributed by atoms with Crippen LogP contribution in [0.25, 0.3) is 0 Å². The Morgan fingerprint density at radius 3 is 2.44 bits per heavy atom. The molecule has 0 saturated carbocycles. The van der Waals surface area contributed by atoms with Crippen LogP contribution in [0.5, 0.6) is 5.75 Å². The van der Waals surface area contributed by atoms with Crippen molar-refractivity contribution in [3.8, 4) is 5.75 Å². The van der Waals surface area contributed by atoms with Crippen LogP contribution in [-0.2, 0) is 0 Å². The molecule has 2 aromatic rings. The smallest absolute Gasteiger partial charge is 0.171 e. The van der Waals surface area contributed by atoms with Gasteiger partial charge in [0.05, 0.1) is 27.7 Å². The monoisotopic (exact) mass is 362 g/mol. The quantitative estimate of drug-likeness (QED) is 0.690. The fourth-order valence-electron chi connectivity index (χ4n) is 2.53. The Hall–Kier alpha value is -2.18. The lowest BCUT2D eigenvalue weighted by molar-refractivity contribution is -0.890. The molecule has 0 fully saturated rings. The molecule has 0 aliphatic rings. The van der Waals surface area contributed by atoms with Gasteiger partial charge in [-0.3, -0.25) is 0 Å². The van der Waals surface area contributed by atoms with Gasteiger partial charge in [-0.15, -0.1) is 0 Å². The molecule has 0 saturated heterocycles. The first kappa shape index (κ1) is 19.1. The zero-order chi connectivity index (χ0) is 18.4. The first-order chi connectivity index (χ1) is 11.9. The van der Waals surface area contributed by atoms with E-state index in [2.05, 4.69) is 36.9 Å². The van der Waals surface area contributed by atoms with Gasteiger partial charge in [-0.05, 0) is 61.1 Å². The number of thiocarbonyl (C=S) groups is 1. The van der Waals surface area contributed by atoms with E-state index in [0.29, 0.717) is 22.9 Å². The molecule has 3 N–H and O–H groups in total. The SMILES string of the molecule is COc1ccc([C@H](CNC(=S)Nc2ccc(C)c(F)c2)[NH+](C)C)cc1. The largest absolute Gasteiger partial charge is 0.497 e. The van der Waals surface area contributed by atoms with E-state index in [1.807, 2.05) is 18.2 Å². The van der Waals surface area contributed by atoms with Gasteiger partial charge in [-0.2, -0.15) is 0 Å². The molecule has 4 nitrogen and oxygen atoms in total. The van der Waals surface area contributed by atoms with Crippen molar-refractivity contribution in [3.63, 3.8) is 0 Å². The second kappa shape index (κ2) is 8.78. The number of anilines is 1. The van der Waals surface area contributed by atoms with E-state index in [4.69, 9.17) is 17.0 Å². The van der Waals surface area contributed by atoms with E-state index >= 15 is 0 Å². The summed E-state index contributed by atoms with van der Waals surface area (Å²) in [7, 11) is 5.86. The maximum atomic E-state index is 13.6. The van der Waals surface area contributed by atoms with Crippen LogP contribution in [-0.4, -0.2) is 32.9 Å². The number of rotatable bonds is 6. The van der Waals surface area contributed by atoms with E-state index in [1.54, 1.807) is 20.1 Å². The van der Waals surface area contributed by atoms with Gasteiger partial charge < -0.3 is 20.3 Å². The average Bonchev–Trinajstić information content (AvgIpc) is 2.58. The Balaban J connectivity index is 1.97. The van der Waals surface area contributed by atoms with Crippen LogP contribution in [0.2, 0.25) is 0 Å². The Bertz CT molecular complexity index is 719. The second-order valence-electron chi connectivity index (χ2n) is 6.20. The van der Waals surface area contributed by atoms with Crippen LogP contribution >= 0.6 is 12.2 Å². The molecule has 1 atom stereocenters. The summed E-state index contributed by atoms with van der Waals surface area (Å²) >= 11 is 5.33. The number of aryl methyl sites for hydroxylation is 1. The number of hydrogen-bond acceptors (Lipinski definition) is 2. The van der Waals surface area contributed by atoms with Gasteiger partial charge in [-0.25, -0.2) is 4.39 Å². The molecule has 2 rings (SSSR count). The van der Waals surface area contributed by atoms with Crippen molar-refractivity contribution < 1.29 is 14.0 Å². The Kier molecular flexibility index (Phi) is 6.73. The normalized spacial score (nSPS) is 11.9. The molecule has 0 heterocycles. The van der Waals surface area contributed by atoms with Crippen LogP contribution in [0.1, 0.15) is 17.2 Å². The van der Waals surface area contributed by atoms with E-state index in [1.165, 1.54) is 16.5 Å². The zero-order valence-electron chi connectivity index (χ0n) is 15.0. The van der Waals surface area contributed by atoms with Crippen molar-refractivity contribution in [2.75, 3.05) is 33.1 Å². The van der Waals surface area contributed by atoms with Crippen molar-refractivity contribution in [1.29, 1.82) is 0 Å². The third-order valence-electron chi connectivity index (χ3n) is 4.11. The Morgan fingerprint density at radius 2 is 1.88 bits per heavy atom. The van der Waals surface area contributed by atoms with Crippen LogP contribution in [0.3, 0.4) is 0 Å². The molecule has 0 bridgehead atoms. The van der Waals surface area contributed by atoms with E-state index in [9.17, 15) is 4.39 Å². The molecule has 134 valence electrons. The fourth-order valence-corrected chi connectivity index (χ4v) is 2.73. The summed E-state index contributed by atoms with van der Waals surface area (Å²) in [5.41, 5.74) is 2.44. The van der Waals surface area contributed by atoms with Crippen molar-refractivity contribution in [1.82, 2.24) is 5.32 Å². The van der Waals surface area contributed by atoms with Crippen molar-refractivity contribution in [3.05, 3.63) is 59.4 Å². The van der Waals surface area contributed by atoms with Gasteiger partial charge >= 0.3 is 0 Å². The first-order valence-corrected chi connectivity index (χ1v) is 8.56. The number of quaternary nitrogens is 1. The molecule has 0 unspecified atom stereocenters. The molecule has 0 aliphatic carbocycles. The summed E-state index contributed by atoms with van der Waals surface area (Å²) in [6.45, 7) is 2.39. The number of hydrogen-bond donors (Lipinski definition) is 3. The third-order valence-corrected chi connectivity index (χ3v) is 4.36. The van der Waals surface area contributed by atoms with Gasteiger partial charge in [-0.1, -0.05) is 6.07 Å². The van der Waals surface area contributed by atoms with Crippen molar-refractivity contribution >= 4 is 23.0 Å². The molecule has 0 amide bonds. The molecule has 0 aromatic heterocycles. The molecule has 2 aromatic carbocycles. The standard InChI is InChI=1S/C19H24FN3OS/c1-13-5-8-15(11-17(13)20)22-19(25)21-12-18(23(2)3)14-6-9-16(24-4)10-7-14/h5-11,18H,12H2,1-4H3,(H2,21,22,25)/p+1/t18-/m0/s1. The second-order valence-corrected chi connectivity index (χ2v) is 6.61. The number of benzene rings is 2. The van der Waals surface area contributed by atoms with Crippen LogP contribution in [0.15, 0.2) is 42.5 Å². The predicted octanol–water partition coefficient (Wildman–Crippen LogP) is 2.31. The number of likely N-dealkylation sites (N-methyl/N-ethyl adjacent to an activating group) is 1. The lowest BCUT2D eigenvalue weighted by Gasteiger charge is -2.23. The van der Waals surface area contributed by atoms with Gasteiger partial charge in [0.15, 0.2) is 5.11 Å². The average molecular weight is 362 g/mol. The summed E-state index contributed by atoms with van der Waals surface area (Å²) in [4.78, 5) is 1.28. The molecular formula is C19H25FN3OS+. The van der Waals surface area contributed by atoms with Crippen molar-refractivity contribution in [2.45, 2.75) is 13.0 Å². The molecule has 0 radical (unpaired) electrons. The van der Waals surface area contributed by atoms with Gasteiger partial charge in [0.25, 0.3) is 0 Å². The maximum Gasteiger partial charge on any atom is 0.171 e. The minimum Gasteiger partial charge on any atom is -0.497 e. The summed E-state index contributed by atoms with van der Waals surface area (Å²) in [5.74, 6) is 0.587. The van der Waals surface area contributed by atoms with E-state index in [0.717, 1.165) is 5.75 Å². The number of halogens is 1. The van der Waals surface area contributed by atoms with E-state index in [-0.39, 0.29) is 11.9 Å². The lowest BCUT2D eigenvalue weighted by atomic mass is 10.1. The predicted molar refractivity (Wildman–Crippen MR) is 104 cm³/mol. The van der Waals surface area contributed by atoms with E-state index < -0.39 is 0 Å². The highest BCUT2D eigenvalue weighted by atomic mass is 32.1. The highest BCUT2D eigenvalue weighted by Crippen LogP contribution is 2.16. The minimum absolute atomic E-state index is 0.223. The molecular weight excluding hydrogens is 337 g/mol. The highest BCUT2D eigenvalue weighted by molar-refractivity contribution is 7.80. The van der Waals surface area contributed by atoms with Crippen LogP contribution in [0.4, 0.5) is 10.1 Å². The number of ether oxygens (including phenoxy) is 1. The van der Waals surface area contributed by atoms with Gasteiger partial charge in [0, 0.05) is 11.3 Å². The van der Waals surface area contributed by atoms with Gasteiger partial charge in [0.2, 0.25) is 0 Å². The maximum absolute atomic E-state index is 13.6. The Labute approximate surface area is 154 Å².